The highest BCUT2D eigenvalue weighted by atomic mass is 32.2. The zero-order valence-electron chi connectivity index (χ0n) is 12.3. The molecule has 1 aromatic carbocycles. The monoisotopic (exact) mass is 316 g/mol. The Kier molecular flexibility index (Phi) is 5.68. The molecule has 7 nitrogen and oxygen atoms in total. The van der Waals surface area contributed by atoms with Gasteiger partial charge >= 0.3 is 0 Å². The minimum absolute atomic E-state index is 0.0577. The minimum atomic E-state index is -3.59. The number of nitrogens with two attached hydrogens (primary N) is 1. The van der Waals surface area contributed by atoms with E-state index in [1.54, 1.807) is 13.0 Å². The van der Waals surface area contributed by atoms with E-state index in [9.17, 15) is 18.5 Å². The molecule has 0 saturated heterocycles. The Bertz CT molecular complexity index is 613. The third kappa shape index (κ3) is 5.68. The van der Waals surface area contributed by atoms with Gasteiger partial charge in [0.25, 0.3) is 5.69 Å². The van der Waals surface area contributed by atoms with E-state index in [1.165, 1.54) is 12.1 Å². The number of sulfonamides is 1. The van der Waals surface area contributed by atoms with Crippen LogP contribution < -0.4 is 9.88 Å². The Morgan fingerprint density at radius 3 is 2.48 bits per heavy atom. The number of hydrogen-bond donors (Lipinski definition) is 1. The van der Waals surface area contributed by atoms with Gasteiger partial charge in [-0.05, 0) is 24.5 Å². The maximum atomic E-state index is 11.2. The zero-order chi connectivity index (χ0) is 16.2. The number of benzene rings is 1. The topological polar surface area (TPSA) is 113 Å². The van der Waals surface area contributed by atoms with Crippen molar-refractivity contribution in [2.45, 2.75) is 20.8 Å². The molecule has 0 amide bonds. The molecule has 0 saturated carbocycles. The number of hydrogen-bond acceptors (Lipinski definition) is 5. The Labute approximate surface area is 124 Å². The average Bonchev–Trinajstić information content (AvgIpc) is 2.34. The van der Waals surface area contributed by atoms with E-state index >= 15 is 0 Å². The highest BCUT2D eigenvalue weighted by Gasteiger charge is 2.21. The molecule has 2 N–H and O–H groups in total. The fourth-order valence-corrected chi connectivity index (χ4v) is 2.86. The number of non-ortho nitro benzene ring substituents is 1. The van der Waals surface area contributed by atoms with Crippen LogP contribution in [-0.4, -0.2) is 25.7 Å². The maximum Gasteiger partial charge on any atom is 0.273 e. The molecule has 0 aliphatic rings. The maximum absolute atomic E-state index is 11.2. The Morgan fingerprint density at radius 1 is 1.38 bits per heavy atom. The summed E-state index contributed by atoms with van der Waals surface area (Å²) in [5, 5.41) is 15.8. The Balaban J connectivity index is 2.85. The normalized spacial score (nSPS) is 13.2. The van der Waals surface area contributed by atoms with Gasteiger partial charge in [0.2, 0.25) is 10.0 Å². The lowest BCUT2D eigenvalue weighted by atomic mass is 9.99. The number of aryl methyl sites for hydroxylation is 1. The molecule has 0 radical (unpaired) electrons. The second-order valence-corrected chi connectivity index (χ2v) is 7.01. The Morgan fingerprint density at radius 2 is 2.00 bits per heavy atom. The van der Waals surface area contributed by atoms with Crippen molar-refractivity contribution in [1.82, 2.24) is 0 Å². The molecular weight excluding hydrogens is 296 g/mol. The number of ether oxygens (including phenoxy) is 1. The molecule has 1 unspecified atom stereocenters. The standard InChI is InChI=1S/C13H20N2O5S/c1-9(2)11(8-21(14,18)19)7-20-13-6-12(15(16)17)5-4-10(13)3/h4-6,9,11H,7-8H2,1-3H3,(H2,14,18,19). The van der Waals surface area contributed by atoms with Gasteiger partial charge in [-0.15, -0.1) is 0 Å². The molecule has 1 rings (SSSR count). The van der Waals surface area contributed by atoms with Crippen LogP contribution >= 0.6 is 0 Å². The summed E-state index contributed by atoms with van der Waals surface area (Å²) in [4.78, 5) is 10.2. The van der Waals surface area contributed by atoms with Crippen molar-refractivity contribution in [3.8, 4) is 5.75 Å². The number of nitro groups is 1. The van der Waals surface area contributed by atoms with Crippen molar-refractivity contribution in [2.24, 2.45) is 17.0 Å². The van der Waals surface area contributed by atoms with E-state index in [1.807, 2.05) is 13.8 Å². The van der Waals surface area contributed by atoms with Crippen LogP contribution in [0.3, 0.4) is 0 Å². The summed E-state index contributed by atoms with van der Waals surface area (Å²) in [6.07, 6.45) is 0. The highest BCUT2D eigenvalue weighted by molar-refractivity contribution is 7.89. The van der Waals surface area contributed by atoms with Gasteiger partial charge in [-0.25, -0.2) is 13.6 Å². The predicted molar refractivity (Wildman–Crippen MR) is 79.6 cm³/mol. The largest absolute Gasteiger partial charge is 0.493 e. The van der Waals surface area contributed by atoms with Gasteiger partial charge in [0.1, 0.15) is 5.75 Å². The lowest BCUT2D eigenvalue weighted by Crippen LogP contribution is -2.30. The quantitative estimate of drug-likeness (QED) is 0.609. The summed E-state index contributed by atoms with van der Waals surface area (Å²) < 4.78 is 28.0. The van der Waals surface area contributed by atoms with E-state index in [0.29, 0.717) is 5.75 Å². The summed E-state index contributed by atoms with van der Waals surface area (Å²) in [6.45, 7) is 5.65. The number of primary sulfonamides is 1. The lowest BCUT2D eigenvalue weighted by molar-refractivity contribution is -0.385. The highest BCUT2D eigenvalue weighted by Crippen LogP contribution is 2.25. The number of rotatable bonds is 7. The van der Waals surface area contributed by atoms with Crippen LogP contribution in [-0.2, 0) is 10.0 Å². The van der Waals surface area contributed by atoms with Gasteiger partial charge < -0.3 is 4.74 Å². The van der Waals surface area contributed by atoms with Crippen LogP contribution in [0.15, 0.2) is 18.2 Å². The van der Waals surface area contributed by atoms with Crippen LogP contribution in [0.1, 0.15) is 19.4 Å². The third-order valence-corrected chi connectivity index (χ3v) is 4.12. The van der Waals surface area contributed by atoms with Crippen molar-refractivity contribution >= 4 is 15.7 Å². The SMILES string of the molecule is Cc1ccc([N+](=O)[O-])cc1OCC(CS(N)(=O)=O)C(C)C. The number of nitrogens with zero attached hydrogens (tertiary/aromatic N) is 1. The second kappa shape index (κ2) is 6.86. The molecule has 0 spiro atoms. The molecule has 1 aromatic rings. The van der Waals surface area contributed by atoms with E-state index < -0.39 is 14.9 Å². The predicted octanol–water partition coefficient (Wildman–Crippen LogP) is 1.84. The summed E-state index contributed by atoms with van der Waals surface area (Å²) in [7, 11) is -3.59. The van der Waals surface area contributed by atoms with Gasteiger partial charge in [0, 0.05) is 12.0 Å². The van der Waals surface area contributed by atoms with Crippen molar-refractivity contribution in [3.05, 3.63) is 33.9 Å². The van der Waals surface area contributed by atoms with Gasteiger partial charge in [-0.1, -0.05) is 13.8 Å². The smallest absolute Gasteiger partial charge is 0.273 e. The van der Waals surface area contributed by atoms with E-state index in [-0.39, 0.29) is 29.9 Å². The fourth-order valence-electron chi connectivity index (χ4n) is 1.79. The average molecular weight is 316 g/mol. The van der Waals surface area contributed by atoms with Gasteiger partial charge in [0.05, 0.1) is 23.3 Å². The van der Waals surface area contributed by atoms with Crippen LogP contribution in [0.2, 0.25) is 0 Å². The molecule has 21 heavy (non-hydrogen) atoms. The number of nitro benzene ring substituents is 1. The third-order valence-electron chi connectivity index (χ3n) is 3.22. The van der Waals surface area contributed by atoms with Crippen molar-refractivity contribution in [1.29, 1.82) is 0 Å². The van der Waals surface area contributed by atoms with Crippen LogP contribution in [0.5, 0.6) is 5.75 Å². The van der Waals surface area contributed by atoms with E-state index in [4.69, 9.17) is 9.88 Å². The minimum Gasteiger partial charge on any atom is -0.493 e. The van der Waals surface area contributed by atoms with Crippen LogP contribution in [0, 0.1) is 28.9 Å². The van der Waals surface area contributed by atoms with Gasteiger partial charge in [0.15, 0.2) is 0 Å². The van der Waals surface area contributed by atoms with Gasteiger partial charge in [-0.3, -0.25) is 10.1 Å². The molecule has 0 fully saturated rings. The van der Waals surface area contributed by atoms with Crippen molar-refractivity contribution in [2.75, 3.05) is 12.4 Å². The second-order valence-electron chi connectivity index (χ2n) is 5.35. The molecule has 0 heterocycles. The van der Waals surface area contributed by atoms with Gasteiger partial charge in [-0.2, -0.15) is 0 Å². The summed E-state index contributed by atoms with van der Waals surface area (Å²) in [6, 6.07) is 4.33. The molecule has 8 heteroatoms. The molecule has 118 valence electrons. The molecule has 0 aromatic heterocycles. The molecule has 0 bridgehead atoms. The first-order valence-corrected chi connectivity index (χ1v) is 8.20. The summed E-state index contributed by atoms with van der Waals surface area (Å²) in [5.41, 5.74) is 0.682. The first-order valence-electron chi connectivity index (χ1n) is 6.48. The first-order chi connectivity index (χ1) is 9.60. The molecule has 1 atom stereocenters. The lowest BCUT2D eigenvalue weighted by Gasteiger charge is -2.20. The summed E-state index contributed by atoms with van der Waals surface area (Å²) in [5.74, 6) is -0.0243. The van der Waals surface area contributed by atoms with Crippen LogP contribution in [0.4, 0.5) is 5.69 Å². The summed E-state index contributed by atoms with van der Waals surface area (Å²) >= 11 is 0. The van der Waals surface area contributed by atoms with Crippen molar-refractivity contribution in [3.63, 3.8) is 0 Å². The van der Waals surface area contributed by atoms with E-state index in [0.717, 1.165) is 5.56 Å². The molecule has 0 aliphatic heterocycles. The molecule has 0 aliphatic carbocycles. The van der Waals surface area contributed by atoms with Crippen molar-refractivity contribution < 1.29 is 18.1 Å². The first kappa shape index (κ1) is 17.4. The van der Waals surface area contributed by atoms with E-state index in [2.05, 4.69) is 0 Å². The van der Waals surface area contributed by atoms with Crippen LogP contribution in [0.25, 0.3) is 0 Å². The zero-order valence-corrected chi connectivity index (χ0v) is 13.1. The molecular formula is C13H20N2O5S. The fraction of sp³-hybridized carbons (Fsp3) is 0.538. The Hall–Kier alpha value is -1.67.